The van der Waals surface area contributed by atoms with Crippen LogP contribution in [0.1, 0.15) is 252 Å². The highest BCUT2D eigenvalue weighted by Crippen LogP contribution is 2.13. The van der Waals surface area contributed by atoms with Gasteiger partial charge in [0.1, 0.15) is 13.2 Å². The molecule has 0 aromatic heterocycles. The van der Waals surface area contributed by atoms with Gasteiger partial charge in [-0.1, -0.05) is 208 Å². The Kier molecular flexibility index (Phi) is 51.9. The van der Waals surface area contributed by atoms with E-state index < -0.39 is 6.10 Å². The molecule has 0 aliphatic heterocycles. The lowest BCUT2D eigenvalue weighted by Crippen LogP contribution is -2.30. The topological polar surface area (TPSA) is 78.9 Å². The van der Waals surface area contributed by atoms with Crippen LogP contribution in [0.5, 0.6) is 0 Å². The summed E-state index contributed by atoms with van der Waals surface area (Å²) in [5.74, 6) is -0.957. The third-order valence-corrected chi connectivity index (χ3v) is 11.5. The molecule has 6 nitrogen and oxygen atoms in total. The molecule has 0 aliphatic rings. The van der Waals surface area contributed by atoms with Gasteiger partial charge < -0.3 is 14.2 Å². The van der Waals surface area contributed by atoms with E-state index >= 15 is 0 Å². The Balaban J connectivity index is 4.44. The highest BCUT2D eigenvalue weighted by molar-refractivity contribution is 5.71. The molecule has 0 spiro atoms. The van der Waals surface area contributed by atoms with E-state index in [1.807, 2.05) is 0 Å². The molecule has 0 saturated carbocycles. The fourth-order valence-electron chi connectivity index (χ4n) is 7.37. The zero-order valence-corrected chi connectivity index (χ0v) is 43.6. The van der Waals surface area contributed by atoms with Crippen LogP contribution in [0.4, 0.5) is 0 Å². The lowest BCUT2D eigenvalue weighted by Gasteiger charge is -2.18. The Bertz CT molecular complexity index is 1350. The summed E-state index contributed by atoms with van der Waals surface area (Å²) in [5.41, 5.74) is 0. The largest absolute Gasteiger partial charge is 0.462 e. The fraction of sp³-hybridized carbons (Fsp3) is 0.689. The molecular formula is C61H102O6. The maximum absolute atomic E-state index is 12.8. The third-order valence-electron chi connectivity index (χ3n) is 11.5. The molecule has 1 unspecified atom stereocenters. The van der Waals surface area contributed by atoms with Crippen molar-refractivity contribution in [3.63, 3.8) is 0 Å². The molecule has 0 amide bonds. The molecule has 0 saturated heterocycles. The summed E-state index contributed by atoms with van der Waals surface area (Å²) in [6.07, 6.45) is 72.5. The summed E-state index contributed by atoms with van der Waals surface area (Å²) in [4.78, 5) is 38.1. The maximum atomic E-state index is 12.8. The Morgan fingerprint density at radius 2 is 0.582 bits per heavy atom. The molecular weight excluding hydrogens is 829 g/mol. The van der Waals surface area contributed by atoms with Crippen molar-refractivity contribution in [2.24, 2.45) is 0 Å². The fourth-order valence-corrected chi connectivity index (χ4v) is 7.37. The van der Waals surface area contributed by atoms with Gasteiger partial charge in [0.15, 0.2) is 6.10 Å². The molecule has 0 bridgehead atoms. The van der Waals surface area contributed by atoms with Crippen molar-refractivity contribution in [2.75, 3.05) is 13.2 Å². The highest BCUT2D eigenvalue weighted by atomic mass is 16.6. The number of hydrogen-bond acceptors (Lipinski definition) is 6. The van der Waals surface area contributed by atoms with Crippen molar-refractivity contribution in [1.29, 1.82) is 0 Å². The first-order valence-electron chi connectivity index (χ1n) is 27.7. The predicted octanol–water partition coefficient (Wildman–Crippen LogP) is 18.5. The van der Waals surface area contributed by atoms with Crippen LogP contribution >= 0.6 is 0 Å². The van der Waals surface area contributed by atoms with Gasteiger partial charge in [-0.3, -0.25) is 14.4 Å². The molecule has 6 heteroatoms. The van der Waals surface area contributed by atoms with Gasteiger partial charge in [0.2, 0.25) is 0 Å². The van der Waals surface area contributed by atoms with E-state index in [2.05, 4.69) is 118 Å². The standard InChI is InChI=1S/C61H102O6/c1-4-7-10-13-16-19-22-25-27-28-29-30-31-32-34-36-39-42-45-48-51-54-60(63)66-57-58(56-65-59(62)53-50-47-44-41-38-35-24-21-18-15-12-9-6-3)67-61(64)55-52-49-46-43-40-37-33-26-23-20-17-14-11-8-5-2/h9,12,17-18,20-22,25-26,28-29,31-33,35,38,58H,4-8,10-11,13-16,19,23-24,27,30,34,36-37,39-57H2,1-3H3/b12-9-,20-17-,21-18-,25-22-,29-28-,32-31-,33-26-,38-35-. The van der Waals surface area contributed by atoms with E-state index in [0.29, 0.717) is 19.3 Å². The summed E-state index contributed by atoms with van der Waals surface area (Å²) in [5, 5.41) is 0. The van der Waals surface area contributed by atoms with Crippen LogP contribution in [0.3, 0.4) is 0 Å². The normalized spacial score (nSPS) is 12.8. The smallest absolute Gasteiger partial charge is 0.306 e. The van der Waals surface area contributed by atoms with Crippen LogP contribution < -0.4 is 0 Å². The zero-order valence-electron chi connectivity index (χ0n) is 43.6. The van der Waals surface area contributed by atoms with Crippen LogP contribution in [-0.2, 0) is 28.6 Å². The van der Waals surface area contributed by atoms with Crippen LogP contribution in [-0.4, -0.2) is 37.2 Å². The first-order valence-corrected chi connectivity index (χ1v) is 27.7. The minimum absolute atomic E-state index is 0.101. The van der Waals surface area contributed by atoms with Crippen LogP contribution in [0, 0.1) is 0 Å². The Morgan fingerprint density at radius 1 is 0.313 bits per heavy atom. The molecule has 67 heavy (non-hydrogen) atoms. The molecule has 382 valence electrons. The second kappa shape index (κ2) is 54.9. The van der Waals surface area contributed by atoms with Gasteiger partial charge >= 0.3 is 17.9 Å². The van der Waals surface area contributed by atoms with Gasteiger partial charge in [-0.2, -0.15) is 0 Å². The predicted molar refractivity (Wildman–Crippen MR) is 288 cm³/mol. The van der Waals surface area contributed by atoms with Gasteiger partial charge in [-0.25, -0.2) is 0 Å². The number of unbranched alkanes of at least 4 members (excludes halogenated alkanes) is 22. The van der Waals surface area contributed by atoms with E-state index in [1.165, 1.54) is 83.5 Å². The summed E-state index contributed by atoms with van der Waals surface area (Å²) >= 11 is 0. The lowest BCUT2D eigenvalue weighted by molar-refractivity contribution is -0.167. The Morgan fingerprint density at radius 3 is 0.955 bits per heavy atom. The van der Waals surface area contributed by atoms with Crippen molar-refractivity contribution in [1.82, 2.24) is 0 Å². The van der Waals surface area contributed by atoms with Gasteiger partial charge in [-0.05, 0) is 122 Å². The lowest BCUT2D eigenvalue weighted by atomic mass is 10.1. The molecule has 0 radical (unpaired) electrons. The summed E-state index contributed by atoms with van der Waals surface area (Å²) < 4.78 is 16.8. The SMILES string of the molecule is CC/C=C\C/C=C\C/C=C\CCCCCC(=O)OCC(COC(=O)CCCCCCCC/C=C\C/C=C\C/C=C\CCCCCCC)OC(=O)CCCCCCC/C=C\C/C=C\CCCCC. The first kappa shape index (κ1) is 63.3. The van der Waals surface area contributed by atoms with Crippen LogP contribution in [0.2, 0.25) is 0 Å². The van der Waals surface area contributed by atoms with Crippen LogP contribution in [0.15, 0.2) is 97.2 Å². The molecule has 0 N–H and O–H groups in total. The maximum Gasteiger partial charge on any atom is 0.306 e. The summed E-state index contributed by atoms with van der Waals surface area (Å²) in [6, 6.07) is 0. The van der Waals surface area contributed by atoms with Crippen molar-refractivity contribution in [3.8, 4) is 0 Å². The molecule has 0 rings (SSSR count). The van der Waals surface area contributed by atoms with E-state index in [1.54, 1.807) is 0 Å². The van der Waals surface area contributed by atoms with Crippen molar-refractivity contribution >= 4 is 17.9 Å². The molecule has 0 aromatic rings. The second-order valence-corrected chi connectivity index (χ2v) is 18.1. The average molecular weight is 931 g/mol. The van der Waals surface area contributed by atoms with E-state index in [-0.39, 0.29) is 31.1 Å². The van der Waals surface area contributed by atoms with E-state index in [0.717, 1.165) is 128 Å². The van der Waals surface area contributed by atoms with Crippen molar-refractivity contribution in [2.45, 2.75) is 258 Å². The second-order valence-electron chi connectivity index (χ2n) is 18.1. The first-order chi connectivity index (χ1) is 33.0. The molecule has 0 aliphatic carbocycles. The quantitative estimate of drug-likeness (QED) is 0.0262. The third kappa shape index (κ3) is 53.2. The number of carbonyl (C=O) groups is 3. The number of allylic oxidation sites excluding steroid dienone is 16. The van der Waals surface area contributed by atoms with Crippen LogP contribution in [0.25, 0.3) is 0 Å². The minimum Gasteiger partial charge on any atom is -0.462 e. The summed E-state index contributed by atoms with van der Waals surface area (Å²) in [7, 11) is 0. The number of esters is 3. The van der Waals surface area contributed by atoms with Gasteiger partial charge in [0, 0.05) is 19.3 Å². The minimum atomic E-state index is -0.804. The summed E-state index contributed by atoms with van der Waals surface area (Å²) in [6.45, 7) is 6.44. The Hall–Kier alpha value is -3.67. The Labute approximate surface area is 413 Å². The van der Waals surface area contributed by atoms with E-state index in [9.17, 15) is 14.4 Å². The molecule has 0 fully saturated rings. The highest BCUT2D eigenvalue weighted by Gasteiger charge is 2.19. The number of hydrogen-bond donors (Lipinski definition) is 0. The molecule has 0 heterocycles. The number of carbonyl (C=O) groups excluding carboxylic acids is 3. The van der Waals surface area contributed by atoms with Crippen molar-refractivity contribution in [3.05, 3.63) is 97.2 Å². The number of ether oxygens (including phenoxy) is 3. The van der Waals surface area contributed by atoms with Gasteiger partial charge in [-0.15, -0.1) is 0 Å². The van der Waals surface area contributed by atoms with Gasteiger partial charge in [0.05, 0.1) is 0 Å². The number of rotatable bonds is 49. The zero-order chi connectivity index (χ0) is 48.6. The average Bonchev–Trinajstić information content (AvgIpc) is 3.33. The van der Waals surface area contributed by atoms with Gasteiger partial charge in [0.25, 0.3) is 0 Å². The van der Waals surface area contributed by atoms with E-state index in [4.69, 9.17) is 14.2 Å². The monoisotopic (exact) mass is 931 g/mol. The molecule has 1 atom stereocenters. The molecule has 0 aromatic carbocycles. The van der Waals surface area contributed by atoms with Crippen molar-refractivity contribution < 1.29 is 28.6 Å².